The number of aromatic nitrogens is 1. The van der Waals surface area contributed by atoms with Crippen molar-refractivity contribution in [3.05, 3.63) is 29.0 Å². The second kappa shape index (κ2) is 5.47. The number of likely N-dealkylation sites (tertiary alicyclic amines) is 1. The number of carboxylic acid groups (broad SMARTS) is 1. The Balaban J connectivity index is 1.88. The van der Waals surface area contributed by atoms with Crippen molar-refractivity contribution in [2.75, 3.05) is 13.1 Å². The summed E-state index contributed by atoms with van der Waals surface area (Å²) >= 11 is 5.89. The summed E-state index contributed by atoms with van der Waals surface area (Å²) in [6.07, 6.45) is 3.13. The molecular weight excluding hydrogens is 240 g/mol. The van der Waals surface area contributed by atoms with Crippen LogP contribution in [0.4, 0.5) is 0 Å². The zero-order valence-corrected chi connectivity index (χ0v) is 10.2. The van der Waals surface area contributed by atoms with Crippen molar-refractivity contribution in [3.8, 4) is 0 Å². The van der Waals surface area contributed by atoms with Gasteiger partial charge in [-0.2, -0.15) is 0 Å². The molecule has 0 spiro atoms. The molecule has 0 atom stereocenters. The molecule has 1 saturated heterocycles. The van der Waals surface area contributed by atoms with Crippen molar-refractivity contribution >= 4 is 17.6 Å². The molecule has 1 N–H and O–H groups in total. The van der Waals surface area contributed by atoms with Crippen LogP contribution in [0.1, 0.15) is 18.5 Å². The lowest BCUT2D eigenvalue weighted by molar-refractivity contribution is -0.143. The highest BCUT2D eigenvalue weighted by atomic mass is 35.5. The molecule has 1 aromatic heterocycles. The SMILES string of the molecule is O=C(O)C1CCN(Cc2cc(Cl)ccn2)CC1. The third-order valence-electron chi connectivity index (χ3n) is 3.10. The standard InChI is InChI=1S/C12H15ClN2O2/c13-10-1-4-14-11(7-10)8-15-5-2-9(3-6-15)12(16)17/h1,4,7,9H,2-3,5-6,8H2,(H,16,17). The van der Waals surface area contributed by atoms with Gasteiger partial charge in [0.05, 0.1) is 11.6 Å². The van der Waals surface area contributed by atoms with Crippen LogP contribution in [0.5, 0.6) is 0 Å². The molecule has 17 heavy (non-hydrogen) atoms. The molecule has 0 radical (unpaired) electrons. The number of rotatable bonds is 3. The number of carboxylic acids is 1. The maximum absolute atomic E-state index is 10.8. The third-order valence-corrected chi connectivity index (χ3v) is 3.34. The van der Waals surface area contributed by atoms with Gasteiger partial charge in [0.1, 0.15) is 0 Å². The Kier molecular flexibility index (Phi) is 3.97. The summed E-state index contributed by atoms with van der Waals surface area (Å²) in [5, 5.41) is 9.59. The van der Waals surface area contributed by atoms with Gasteiger partial charge in [0.15, 0.2) is 0 Å². The summed E-state index contributed by atoms with van der Waals surface area (Å²) in [5.74, 6) is -0.857. The maximum Gasteiger partial charge on any atom is 0.306 e. The molecule has 1 fully saturated rings. The zero-order chi connectivity index (χ0) is 12.3. The van der Waals surface area contributed by atoms with Crippen molar-refractivity contribution in [2.24, 2.45) is 5.92 Å². The monoisotopic (exact) mass is 254 g/mol. The van der Waals surface area contributed by atoms with Gasteiger partial charge in [-0.3, -0.25) is 14.7 Å². The molecule has 1 aliphatic heterocycles. The third kappa shape index (κ3) is 3.41. The predicted molar refractivity (Wildman–Crippen MR) is 64.9 cm³/mol. The van der Waals surface area contributed by atoms with E-state index in [9.17, 15) is 4.79 Å². The number of pyridine rings is 1. The number of hydrogen-bond acceptors (Lipinski definition) is 3. The average molecular weight is 255 g/mol. The van der Waals surface area contributed by atoms with E-state index in [2.05, 4.69) is 9.88 Å². The van der Waals surface area contributed by atoms with Gasteiger partial charge in [-0.1, -0.05) is 11.6 Å². The van der Waals surface area contributed by atoms with Crippen molar-refractivity contribution in [3.63, 3.8) is 0 Å². The van der Waals surface area contributed by atoms with Gasteiger partial charge in [-0.05, 0) is 38.1 Å². The molecule has 2 heterocycles. The van der Waals surface area contributed by atoms with Crippen molar-refractivity contribution < 1.29 is 9.90 Å². The van der Waals surface area contributed by atoms with Gasteiger partial charge in [-0.15, -0.1) is 0 Å². The minimum absolute atomic E-state index is 0.182. The zero-order valence-electron chi connectivity index (χ0n) is 9.47. The molecule has 0 aliphatic carbocycles. The quantitative estimate of drug-likeness (QED) is 0.897. The predicted octanol–water partition coefficient (Wildman–Crippen LogP) is 2.03. The minimum Gasteiger partial charge on any atom is -0.481 e. The number of piperidine rings is 1. The van der Waals surface area contributed by atoms with Gasteiger partial charge in [0, 0.05) is 17.8 Å². The highest BCUT2D eigenvalue weighted by molar-refractivity contribution is 6.30. The van der Waals surface area contributed by atoms with E-state index in [4.69, 9.17) is 16.7 Å². The second-order valence-corrected chi connectivity index (χ2v) is 4.79. The summed E-state index contributed by atoms with van der Waals surface area (Å²) in [6.45, 7) is 2.36. The minimum atomic E-state index is -0.675. The molecule has 0 aromatic carbocycles. The van der Waals surface area contributed by atoms with Crippen LogP contribution in [-0.4, -0.2) is 34.0 Å². The molecule has 92 valence electrons. The lowest BCUT2D eigenvalue weighted by atomic mass is 9.97. The number of nitrogens with zero attached hydrogens (tertiary/aromatic N) is 2. The summed E-state index contributed by atoms with van der Waals surface area (Å²) in [5.41, 5.74) is 0.936. The lowest BCUT2D eigenvalue weighted by Gasteiger charge is -2.29. The van der Waals surface area contributed by atoms with E-state index in [0.29, 0.717) is 5.02 Å². The van der Waals surface area contributed by atoms with Crippen molar-refractivity contribution in [1.82, 2.24) is 9.88 Å². The van der Waals surface area contributed by atoms with Crippen LogP contribution in [0, 0.1) is 5.92 Å². The van der Waals surface area contributed by atoms with Gasteiger partial charge in [0.2, 0.25) is 0 Å². The molecule has 0 unspecified atom stereocenters. The first-order valence-electron chi connectivity index (χ1n) is 5.71. The Morgan fingerprint density at radius 2 is 2.24 bits per heavy atom. The van der Waals surface area contributed by atoms with E-state index >= 15 is 0 Å². The first kappa shape index (κ1) is 12.3. The van der Waals surface area contributed by atoms with Gasteiger partial charge >= 0.3 is 5.97 Å². The van der Waals surface area contributed by atoms with Crippen LogP contribution in [0.15, 0.2) is 18.3 Å². The fourth-order valence-electron chi connectivity index (χ4n) is 2.10. The fourth-order valence-corrected chi connectivity index (χ4v) is 2.28. The molecule has 1 aromatic rings. The molecule has 5 heteroatoms. The molecule has 1 aliphatic rings. The molecule has 2 rings (SSSR count). The Hall–Kier alpha value is -1.13. The first-order valence-corrected chi connectivity index (χ1v) is 6.08. The Labute approximate surface area is 105 Å². The highest BCUT2D eigenvalue weighted by Crippen LogP contribution is 2.19. The van der Waals surface area contributed by atoms with Gasteiger partial charge in [0.25, 0.3) is 0 Å². The fraction of sp³-hybridized carbons (Fsp3) is 0.500. The molecular formula is C12H15ClN2O2. The van der Waals surface area contributed by atoms with Crippen LogP contribution in [0.3, 0.4) is 0 Å². The molecule has 0 bridgehead atoms. The molecule has 0 amide bonds. The van der Waals surface area contributed by atoms with E-state index < -0.39 is 5.97 Å². The summed E-state index contributed by atoms with van der Waals surface area (Å²) in [4.78, 5) is 17.3. The van der Waals surface area contributed by atoms with E-state index in [1.54, 1.807) is 12.3 Å². The summed E-state index contributed by atoms with van der Waals surface area (Å²) in [6, 6.07) is 3.60. The summed E-state index contributed by atoms with van der Waals surface area (Å²) < 4.78 is 0. The first-order chi connectivity index (χ1) is 8.15. The maximum atomic E-state index is 10.8. The topological polar surface area (TPSA) is 53.4 Å². The van der Waals surface area contributed by atoms with Gasteiger partial charge in [-0.25, -0.2) is 0 Å². The van der Waals surface area contributed by atoms with Crippen molar-refractivity contribution in [1.29, 1.82) is 0 Å². The second-order valence-electron chi connectivity index (χ2n) is 4.35. The Morgan fingerprint density at radius 1 is 1.53 bits per heavy atom. The number of hydrogen-bond donors (Lipinski definition) is 1. The van der Waals surface area contributed by atoms with E-state index in [-0.39, 0.29) is 5.92 Å². The average Bonchev–Trinajstić information content (AvgIpc) is 2.29. The van der Waals surface area contributed by atoms with E-state index in [1.807, 2.05) is 6.07 Å². The summed E-state index contributed by atoms with van der Waals surface area (Å²) in [7, 11) is 0. The van der Waals surface area contributed by atoms with Crippen molar-refractivity contribution in [2.45, 2.75) is 19.4 Å². The number of aliphatic carboxylic acids is 1. The normalized spacial score (nSPS) is 18.2. The Morgan fingerprint density at radius 3 is 2.82 bits per heavy atom. The van der Waals surface area contributed by atoms with E-state index in [0.717, 1.165) is 38.2 Å². The Bertz CT molecular complexity index is 403. The van der Waals surface area contributed by atoms with Gasteiger partial charge < -0.3 is 5.11 Å². The van der Waals surface area contributed by atoms with Crippen LogP contribution < -0.4 is 0 Å². The lowest BCUT2D eigenvalue weighted by Crippen LogP contribution is -2.36. The van der Waals surface area contributed by atoms with Crippen LogP contribution in [-0.2, 0) is 11.3 Å². The largest absolute Gasteiger partial charge is 0.481 e. The smallest absolute Gasteiger partial charge is 0.306 e. The molecule has 0 saturated carbocycles. The number of carbonyl (C=O) groups is 1. The van der Waals surface area contributed by atoms with Crippen LogP contribution in [0.2, 0.25) is 5.02 Å². The number of halogens is 1. The van der Waals surface area contributed by atoms with Crippen LogP contribution >= 0.6 is 11.6 Å². The van der Waals surface area contributed by atoms with E-state index in [1.165, 1.54) is 0 Å². The van der Waals surface area contributed by atoms with Crippen LogP contribution in [0.25, 0.3) is 0 Å². The highest BCUT2D eigenvalue weighted by Gasteiger charge is 2.24. The molecule has 4 nitrogen and oxygen atoms in total.